The van der Waals surface area contributed by atoms with Gasteiger partial charge in [0.1, 0.15) is 17.1 Å². The van der Waals surface area contributed by atoms with Gasteiger partial charge in [-0.15, -0.1) is 0 Å². The van der Waals surface area contributed by atoms with E-state index < -0.39 is 11.4 Å². The molecule has 0 saturated heterocycles. The fourth-order valence-electron chi connectivity index (χ4n) is 1.89. The summed E-state index contributed by atoms with van der Waals surface area (Å²) in [5, 5.41) is 20.3. The minimum absolute atomic E-state index is 0.185. The second-order valence-corrected chi connectivity index (χ2v) is 5.33. The minimum Gasteiger partial charge on any atom is -0.493 e. The molecular weight excluding hydrogens is 332 g/mol. The highest BCUT2D eigenvalue weighted by Crippen LogP contribution is 2.18. The van der Waals surface area contributed by atoms with Crippen molar-refractivity contribution in [1.82, 2.24) is 30.4 Å². The highest BCUT2D eigenvalue weighted by molar-refractivity contribution is 7.98. The van der Waals surface area contributed by atoms with Crippen LogP contribution in [0.4, 0.5) is 5.82 Å². The van der Waals surface area contributed by atoms with Crippen LogP contribution in [0.1, 0.15) is 5.56 Å². The molecule has 10 nitrogen and oxygen atoms in total. The maximum absolute atomic E-state index is 12.0. The smallest absolute Gasteiger partial charge is 0.266 e. The monoisotopic (exact) mass is 344 g/mol. The molecule has 3 aromatic heterocycles. The van der Waals surface area contributed by atoms with Crippen LogP contribution < -0.4 is 11.3 Å². The molecule has 0 spiro atoms. The molecule has 0 atom stereocenters. The molecule has 0 saturated carbocycles. The van der Waals surface area contributed by atoms with Gasteiger partial charge in [0.05, 0.1) is 6.20 Å². The molecule has 3 heterocycles. The Balaban J connectivity index is 1.93. The lowest BCUT2D eigenvalue weighted by Crippen LogP contribution is -2.25. The average Bonchev–Trinajstić information content (AvgIpc) is 3.09. The number of thioether (sulfide) groups is 1. The van der Waals surface area contributed by atoms with Crippen molar-refractivity contribution in [3.05, 3.63) is 40.4 Å². The Kier molecular flexibility index (Phi) is 4.24. The van der Waals surface area contributed by atoms with Crippen molar-refractivity contribution >= 4 is 23.4 Å². The second kappa shape index (κ2) is 6.50. The Labute approximate surface area is 139 Å². The van der Waals surface area contributed by atoms with Gasteiger partial charge in [0.25, 0.3) is 5.56 Å². The number of pyridine rings is 1. The van der Waals surface area contributed by atoms with E-state index in [4.69, 9.17) is 5.73 Å². The van der Waals surface area contributed by atoms with Crippen LogP contribution in [-0.4, -0.2) is 47.6 Å². The van der Waals surface area contributed by atoms with E-state index in [-0.39, 0.29) is 22.4 Å². The Hall–Kier alpha value is -3.21. The highest BCUT2D eigenvalue weighted by atomic mass is 32.2. The van der Waals surface area contributed by atoms with Gasteiger partial charge in [-0.05, 0) is 18.4 Å². The molecule has 0 fully saturated rings. The molecule has 3 rings (SSSR count). The third-order valence-electron chi connectivity index (χ3n) is 3.02. The topological polar surface area (TPSA) is 159 Å². The SMILES string of the molecule is CSc1nc(O)c(C(N)=Nc2ccc(-c3cn[nH]n3)cn2)c(=O)[nH]1. The Morgan fingerprint density at radius 3 is 2.79 bits per heavy atom. The predicted molar refractivity (Wildman–Crippen MR) is 88.3 cm³/mol. The molecule has 5 N–H and O–H groups in total. The molecule has 0 aliphatic rings. The number of H-pyrrole nitrogens is 2. The summed E-state index contributed by atoms with van der Waals surface area (Å²) < 4.78 is 0. The first-order valence-electron chi connectivity index (χ1n) is 6.62. The van der Waals surface area contributed by atoms with E-state index >= 15 is 0 Å². The van der Waals surface area contributed by atoms with E-state index in [2.05, 4.69) is 35.4 Å². The van der Waals surface area contributed by atoms with E-state index in [1.165, 1.54) is 11.8 Å². The molecule has 3 aromatic rings. The van der Waals surface area contributed by atoms with Crippen molar-refractivity contribution in [3.8, 4) is 17.1 Å². The van der Waals surface area contributed by atoms with Gasteiger partial charge >= 0.3 is 0 Å². The number of amidine groups is 1. The maximum atomic E-state index is 12.0. The van der Waals surface area contributed by atoms with Gasteiger partial charge in [-0.1, -0.05) is 11.8 Å². The lowest BCUT2D eigenvalue weighted by atomic mass is 10.2. The van der Waals surface area contributed by atoms with Gasteiger partial charge in [-0.3, -0.25) is 4.79 Å². The van der Waals surface area contributed by atoms with Crippen molar-refractivity contribution < 1.29 is 5.11 Å². The van der Waals surface area contributed by atoms with Crippen molar-refractivity contribution in [1.29, 1.82) is 0 Å². The third-order valence-corrected chi connectivity index (χ3v) is 3.60. The number of nitrogens with zero attached hydrogens (tertiary/aromatic N) is 5. The lowest BCUT2D eigenvalue weighted by molar-refractivity contribution is 0.442. The van der Waals surface area contributed by atoms with Gasteiger partial charge < -0.3 is 15.8 Å². The first-order valence-corrected chi connectivity index (χ1v) is 7.85. The van der Waals surface area contributed by atoms with Crippen LogP contribution in [0.3, 0.4) is 0 Å². The summed E-state index contributed by atoms with van der Waals surface area (Å²) in [5.41, 5.74) is 6.41. The zero-order valence-corrected chi connectivity index (χ0v) is 13.2. The summed E-state index contributed by atoms with van der Waals surface area (Å²) >= 11 is 1.19. The van der Waals surface area contributed by atoms with Crippen molar-refractivity contribution in [2.75, 3.05) is 6.26 Å². The summed E-state index contributed by atoms with van der Waals surface area (Å²) in [6, 6.07) is 3.34. The molecule has 0 unspecified atom stereocenters. The zero-order chi connectivity index (χ0) is 17.1. The van der Waals surface area contributed by atoms with Crippen LogP contribution in [0.5, 0.6) is 5.88 Å². The molecule has 0 aliphatic carbocycles. The predicted octanol–water partition coefficient (Wildman–Crippen LogP) is 0.414. The Morgan fingerprint density at radius 1 is 1.38 bits per heavy atom. The summed E-state index contributed by atoms with van der Waals surface area (Å²) in [6.07, 6.45) is 4.82. The number of rotatable bonds is 4. The van der Waals surface area contributed by atoms with Gasteiger partial charge in [-0.25, -0.2) is 9.98 Å². The van der Waals surface area contributed by atoms with Gasteiger partial charge in [0.2, 0.25) is 5.88 Å². The second-order valence-electron chi connectivity index (χ2n) is 4.53. The summed E-state index contributed by atoms with van der Waals surface area (Å²) in [5.74, 6) is -0.397. The van der Waals surface area contributed by atoms with Crippen LogP contribution in [0, 0.1) is 0 Å². The molecule has 0 bridgehead atoms. The van der Waals surface area contributed by atoms with Crippen molar-refractivity contribution in [2.24, 2.45) is 10.7 Å². The van der Waals surface area contributed by atoms with Crippen LogP contribution >= 0.6 is 11.8 Å². The van der Waals surface area contributed by atoms with Crippen LogP contribution in [0.25, 0.3) is 11.3 Å². The zero-order valence-electron chi connectivity index (χ0n) is 12.4. The fraction of sp³-hybridized carbons (Fsp3) is 0.0769. The van der Waals surface area contributed by atoms with Crippen LogP contribution in [0.2, 0.25) is 0 Å². The van der Waals surface area contributed by atoms with Gasteiger partial charge in [0, 0.05) is 11.8 Å². The number of aliphatic imine (C=N–C) groups is 1. The van der Waals surface area contributed by atoms with Crippen molar-refractivity contribution in [2.45, 2.75) is 5.16 Å². The van der Waals surface area contributed by atoms with E-state index in [0.29, 0.717) is 5.69 Å². The summed E-state index contributed by atoms with van der Waals surface area (Å²) in [4.78, 5) is 26.5. The first kappa shape index (κ1) is 15.7. The number of aromatic hydroxyl groups is 1. The molecule has 0 amide bonds. The van der Waals surface area contributed by atoms with Crippen LogP contribution in [-0.2, 0) is 0 Å². The number of aromatic amines is 2. The molecule has 122 valence electrons. The van der Waals surface area contributed by atoms with E-state index in [9.17, 15) is 9.90 Å². The quantitative estimate of drug-likeness (QED) is 0.229. The molecular formula is C13H12N8O2S. The van der Waals surface area contributed by atoms with Crippen molar-refractivity contribution in [3.63, 3.8) is 0 Å². The van der Waals surface area contributed by atoms with Gasteiger partial charge in [0.15, 0.2) is 11.0 Å². The molecule has 0 aliphatic heterocycles. The number of hydrogen-bond acceptors (Lipinski definition) is 8. The molecule has 24 heavy (non-hydrogen) atoms. The largest absolute Gasteiger partial charge is 0.493 e. The van der Waals surface area contributed by atoms with Crippen LogP contribution in [0.15, 0.2) is 39.5 Å². The number of hydrogen-bond donors (Lipinski definition) is 4. The molecule has 11 heteroatoms. The molecule has 0 aromatic carbocycles. The Morgan fingerprint density at radius 2 is 2.21 bits per heavy atom. The number of nitrogens with one attached hydrogen (secondary N) is 2. The van der Waals surface area contributed by atoms with E-state index in [1.54, 1.807) is 30.8 Å². The summed E-state index contributed by atoms with van der Waals surface area (Å²) in [7, 11) is 0. The summed E-state index contributed by atoms with van der Waals surface area (Å²) in [6.45, 7) is 0. The lowest BCUT2D eigenvalue weighted by Gasteiger charge is -2.04. The normalized spacial score (nSPS) is 11.6. The first-order chi connectivity index (χ1) is 11.6. The molecule has 0 radical (unpaired) electrons. The van der Waals surface area contributed by atoms with Gasteiger partial charge in [-0.2, -0.15) is 20.4 Å². The fourth-order valence-corrected chi connectivity index (χ4v) is 2.26. The minimum atomic E-state index is -0.577. The number of aromatic nitrogens is 6. The highest BCUT2D eigenvalue weighted by Gasteiger charge is 2.14. The Bertz CT molecular complexity index is 934. The standard InChI is InChI=1S/C13H12N8O2S/c1-24-13-18-11(22)9(12(23)19-13)10(14)17-8-3-2-6(4-15-8)7-5-16-21-20-7/h2-5H,1H3,(H2,14,15,17)(H,16,20,21)(H2,18,19,22,23). The average molecular weight is 344 g/mol. The van der Waals surface area contributed by atoms with E-state index in [1.807, 2.05) is 0 Å². The maximum Gasteiger partial charge on any atom is 0.266 e. The van der Waals surface area contributed by atoms with E-state index in [0.717, 1.165) is 5.56 Å². The third kappa shape index (κ3) is 3.10. The number of nitrogens with two attached hydrogens (primary N) is 1.